The lowest BCUT2D eigenvalue weighted by Crippen LogP contribution is -2.29. The van der Waals surface area contributed by atoms with Gasteiger partial charge in [-0.05, 0) is 18.6 Å². The van der Waals surface area contributed by atoms with Gasteiger partial charge in [-0.2, -0.15) is 0 Å². The predicted molar refractivity (Wildman–Crippen MR) is 68.9 cm³/mol. The Bertz CT molecular complexity index is 535. The molecule has 0 aliphatic carbocycles. The molecule has 0 aliphatic rings. The first kappa shape index (κ1) is 12.5. The molecular formula is C13H18N4O. The average Bonchev–Trinajstić information content (AvgIpc) is 2.79. The van der Waals surface area contributed by atoms with Gasteiger partial charge < -0.3 is 5.32 Å². The van der Waals surface area contributed by atoms with Gasteiger partial charge in [0.05, 0.1) is 6.54 Å². The Morgan fingerprint density at radius 2 is 2.28 bits per heavy atom. The van der Waals surface area contributed by atoms with E-state index in [9.17, 15) is 4.79 Å². The molecule has 0 radical (unpaired) electrons. The Morgan fingerprint density at radius 1 is 1.44 bits per heavy atom. The standard InChI is InChI=1S/C13H18N4O/c1-3-6-10(2)13(18)14-9-12-16-15-11-7-4-5-8-17(11)12/h4-5,7-8,10H,3,6,9H2,1-2H3,(H,14,18). The van der Waals surface area contributed by atoms with Crippen LogP contribution in [0.25, 0.3) is 5.65 Å². The molecule has 2 aromatic heterocycles. The maximum atomic E-state index is 11.8. The zero-order valence-corrected chi connectivity index (χ0v) is 10.8. The summed E-state index contributed by atoms with van der Waals surface area (Å²) in [5.74, 6) is 0.876. The van der Waals surface area contributed by atoms with E-state index < -0.39 is 0 Å². The van der Waals surface area contributed by atoms with Crippen LogP contribution in [0, 0.1) is 5.92 Å². The smallest absolute Gasteiger partial charge is 0.223 e. The molecule has 1 unspecified atom stereocenters. The summed E-state index contributed by atoms with van der Waals surface area (Å²) in [6, 6.07) is 5.72. The zero-order chi connectivity index (χ0) is 13.0. The van der Waals surface area contributed by atoms with Crippen molar-refractivity contribution in [1.82, 2.24) is 19.9 Å². The highest BCUT2D eigenvalue weighted by Crippen LogP contribution is 2.06. The molecule has 0 aromatic carbocycles. The van der Waals surface area contributed by atoms with Crippen LogP contribution in [0.2, 0.25) is 0 Å². The molecule has 0 saturated heterocycles. The first-order valence-corrected chi connectivity index (χ1v) is 6.28. The topological polar surface area (TPSA) is 59.3 Å². The fourth-order valence-electron chi connectivity index (χ4n) is 1.92. The average molecular weight is 246 g/mol. The van der Waals surface area contributed by atoms with Gasteiger partial charge in [-0.15, -0.1) is 10.2 Å². The van der Waals surface area contributed by atoms with Gasteiger partial charge in [0.25, 0.3) is 0 Å². The molecule has 2 heterocycles. The van der Waals surface area contributed by atoms with Crippen LogP contribution in [-0.4, -0.2) is 20.5 Å². The van der Waals surface area contributed by atoms with Crippen molar-refractivity contribution >= 4 is 11.6 Å². The third-order valence-electron chi connectivity index (χ3n) is 2.97. The van der Waals surface area contributed by atoms with Gasteiger partial charge in [-0.25, -0.2) is 0 Å². The number of hydrogen-bond donors (Lipinski definition) is 1. The van der Waals surface area contributed by atoms with Crippen LogP contribution < -0.4 is 5.32 Å². The minimum atomic E-state index is 0.0502. The van der Waals surface area contributed by atoms with E-state index >= 15 is 0 Å². The van der Waals surface area contributed by atoms with Crippen LogP contribution >= 0.6 is 0 Å². The fourth-order valence-corrected chi connectivity index (χ4v) is 1.92. The number of hydrogen-bond acceptors (Lipinski definition) is 3. The minimum absolute atomic E-state index is 0.0502. The van der Waals surface area contributed by atoms with Crippen molar-refractivity contribution in [2.24, 2.45) is 5.92 Å². The fraction of sp³-hybridized carbons (Fsp3) is 0.462. The van der Waals surface area contributed by atoms with Gasteiger partial charge >= 0.3 is 0 Å². The van der Waals surface area contributed by atoms with E-state index in [0.717, 1.165) is 24.3 Å². The summed E-state index contributed by atoms with van der Waals surface area (Å²) >= 11 is 0. The van der Waals surface area contributed by atoms with Gasteiger partial charge in [-0.3, -0.25) is 9.20 Å². The summed E-state index contributed by atoms with van der Waals surface area (Å²) in [6.45, 7) is 4.44. The summed E-state index contributed by atoms with van der Waals surface area (Å²) in [5, 5.41) is 11.0. The number of aromatic nitrogens is 3. The van der Waals surface area contributed by atoms with E-state index in [-0.39, 0.29) is 11.8 Å². The molecule has 0 aliphatic heterocycles. The molecule has 0 spiro atoms. The van der Waals surface area contributed by atoms with E-state index in [0.29, 0.717) is 6.54 Å². The monoisotopic (exact) mass is 246 g/mol. The SMILES string of the molecule is CCCC(C)C(=O)NCc1nnc2ccccn12. The number of pyridine rings is 1. The summed E-state index contributed by atoms with van der Waals surface area (Å²) in [7, 11) is 0. The molecule has 2 aromatic rings. The largest absolute Gasteiger partial charge is 0.349 e. The van der Waals surface area contributed by atoms with E-state index in [1.807, 2.05) is 35.7 Å². The number of fused-ring (bicyclic) bond motifs is 1. The predicted octanol–water partition coefficient (Wildman–Crippen LogP) is 1.78. The van der Waals surface area contributed by atoms with Gasteiger partial charge in [0, 0.05) is 12.1 Å². The summed E-state index contributed by atoms with van der Waals surface area (Å²) < 4.78 is 1.88. The second-order valence-corrected chi connectivity index (χ2v) is 4.45. The molecule has 0 bridgehead atoms. The Hall–Kier alpha value is -1.91. The molecule has 96 valence electrons. The Morgan fingerprint density at radius 3 is 3.06 bits per heavy atom. The van der Waals surface area contributed by atoms with E-state index in [1.165, 1.54) is 0 Å². The second-order valence-electron chi connectivity index (χ2n) is 4.45. The Kier molecular flexibility index (Phi) is 3.92. The van der Waals surface area contributed by atoms with Crippen LogP contribution in [-0.2, 0) is 11.3 Å². The van der Waals surface area contributed by atoms with E-state index in [2.05, 4.69) is 22.4 Å². The van der Waals surface area contributed by atoms with Crippen LogP contribution in [0.5, 0.6) is 0 Å². The summed E-state index contributed by atoms with van der Waals surface area (Å²) in [6.07, 6.45) is 3.82. The number of nitrogens with zero attached hydrogens (tertiary/aromatic N) is 3. The molecule has 1 amide bonds. The number of carbonyl (C=O) groups is 1. The zero-order valence-electron chi connectivity index (χ0n) is 10.8. The van der Waals surface area contributed by atoms with Crippen molar-refractivity contribution in [1.29, 1.82) is 0 Å². The summed E-state index contributed by atoms with van der Waals surface area (Å²) in [5.41, 5.74) is 0.795. The third kappa shape index (κ3) is 2.67. The normalized spacial score (nSPS) is 12.6. The third-order valence-corrected chi connectivity index (χ3v) is 2.97. The number of nitrogens with one attached hydrogen (secondary N) is 1. The minimum Gasteiger partial charge on any atom is -0.349 e. The first-order valence-electron chi connectivity index (χ1n) is 6.28. The molecule has 0 saturated carbocycles. The number of carbonyl (C=O) groups excluding carboxylic acids is 1. The molecular weight excluding hydrogens is 228 g/mol. The number of rotatable bonds is 5. The van der Waals surface area contributed by atoms with Gasteiger partial charge in [0.2, 0.25) is 5.91 Å². The molecule has 0 fully saturated rings. The van der Waals surface area contributed by atoms with Crippen molar-refractivity contribution < 1.29 is 4.79 Å². The lowest BCUT2D eigenvalue weighted by atomic mass is 10.1. The lowest BCUT2D eigenvalue weighted by Gasteiger charge is -2.10. The maximum Gasteiger partial charge on any atom is 0.223 e. The highest BCUT2D eigenvalue weighted by atomic mass is 16.1. The Balaban J connectivity index is 2.00. The first-order chi connectivity index (χ1) is 8.72. The molecule has 2 rings (SSSR count). The van der Waals surface area contributed by atoms with Gasteiger partial charge in [-0.1, -0.05) is 26.3 Å². The van der Waals surface area contributed by atoms with E-state index in [1.54, 1.807) is 0 Å². The number of amides is 1. The van der Waals surface area contributed by atoms with Crippen LogP contribution in [0.1, 0.15) is 32.5 Å². The van der Waals surface area contributed by atoms with Crippen LogP contribution in [0.4, 0.5) is 0 Å². The molecule has 5 nitrogen and oxygen atoms in total. The summed E-state index contributed by atoms with van der Waals surface area (Å²) in [4.78, 5) is 11.8. The van der Waals surface area contributed by atoms with Crippen LogP contribution in [0.15, 0.2) is 24.4 Å². The lowest BCUT2D eigenvalue weighted by molar-refractivity contribution is -0.124. The Labute approximate surface area is 106 Å². The highest BCUT2D eigenvalue weighted by molar-refractivity contribution is 5.78. The molecule has 1 N–H and O–H groups in total. The second kappa shape index (κ2) is 5.62. The van der Waals surface area contributed by atoms with Gasteiger partial charge in [0.15, 0.2) is 11.5 Å². The quantitative estimate of drug-likeness (QED) is 0.874. The van der Waals surface area contributed by atoms with Crippen LogP contribution in [0.3, 0.4) is 0 Å². The molecule has 18 heavy (non-hydrogen) atoms. The highest BCUT2D eigenvalue weighted by Gasteiger charge is 2.12. The van der Waals surface area contributed by atoms with Crippen molar-refractivity contribution in [3.05, 3.63) is 30.2 Å². The molecule has 1 atom stereocenters. The van der Waals surface area contributed by atoms with Gasteiger partial charge in [0.1, 0.15) is 0 Å². The van der Waals surface area contributed by atoms with Crippen molar-refractivity contribution in [2.45, 2.75) is 33.2 Å². The van der Waals surface area contributed by atoms with Crippen molar-refractivity contribution in [3.63, 3.8) is 0 Å². The van der Waals surface area contributed by atoms with E-state index in [4.69, 9.17) is 0 Å². The maximum absolute atomic E-state index is 11.8. The van der Waals surface area contributed by atoms with Crippen molar-refractivity contribution in [3.8, 4) is 0 Å². The van der Waals surface area contributed by atoms with Crippen molar-refractivity contribution in [2.75, 3.05) is 0 Å². The molecule has 5 heteroatoms.